The molecule has 1 aromatic heterocycles. The zero-order valence-corrected chi connectivity index (χ0v) is 16.0. The van der Waals surface area contributed by atoms with Crippen LogP contribution in [0.2, 0.25) is 0 Å². The molecule has 0 spiro atoms. The molecule has 3 rings (SSSR count). The summed E-state index contributed by atoms with van der Waals surface area (Å²) in [7, 11) is -3.83. The highest BCUT2D eigenvalue weighted by Crippen LogP contribution is 2.25. The average Bonchev–Trinajstić information content (AvgIpc) is 3.08. The minimum atomic E-state index is -3.83. The number of sulfonamides is 1. The lowest BCUT2D eigenvalue weighted by Crippen LogP contribution is -2.22. The van der Waals surface area contributed by atoms with Gasteiger partial charge in [0.15, 0.2) is 0 Å². The number of azo groups is 1. The number of thioether (sulfide) groups is 1. The molecule has 0 saturated carbocycles. The molecule has 0 radical (unpaired) electrons. The molecule has 1 fully saturated rings. The molecular weight excluding hydrogens is 398 g/mol. The largest absolute Gasteiger partial charge is 0.337 e. The van der Waals surface area contributed by atoms with Gasteiger partial charge in [-0.25, -0.2) is 13.1 Å². The molecule has 0 bridgehead atoms. The Kier molecular flexibility index (Phi) is 5.07. The number of hydrogen-bond donors (Lipinski definition) is 2. The Morgan fingerprint density at radius 3 is 2.54 bits per heavy atom. The van der Waals surface area contributed by atoms with Gasteiger partial charge in [0.25, 0.3) is 15.9 Å². The number of benzene rings is 1. The fraction of sp³-hybridized carbons (Fsp3) is 0.214. The molecule has 1 saturated heterocycles. The second-order valence-corrected chi connectivity index (χ2v) is 8.72. The van der Waals surface area contributed by atoms with Gasteiger partial charge in [0.05, 0.1) is 16.3 Å². The van der Waals surface area contributed by atoms with Crippen LogP contribution in [0.5, 0.6) is 0 Å². The van der Waals surface area contributed by atoms with Crippen LogP contribution < -0.4 is 10.0 Å². The molecule has 1 atom stereocenters. The molecule has 1 unspecified atom stereocenters. The van der Waals surface area contributed by atoms with E-state index in [4.69, 9.17) is 16.7 Å². The van der Waals surface area contributed by atoms with Gasteiger partial charge in [0, 0.05) is 5.56 Å². The van der Waals surface area contributed by atoms with Gasteiger partial charge < -0.3 is 9.84 Å². The van der Waals surface area contributed by atoms with E-state index in [1.54, 1.807) is 13.8 Å². The standard InChI is InChI=1S/C14H13N5O4S3/c1-7-8(2)18-23-12(7)19-26(21,22)10-5-3-9(4-6-10)16-17-13-11(20)15-14(24)25-13/h3-6,13,19H,1-2H3,(H,15,20,24). The van der Waals surface area contributed by atoms with Crippen LogP contribution in [-0.4, -0.2) is 29.2 Å². The van der Waals surface area contributed by atoms with Crippen molar-refractivity contribution in [3.63, 3.8) is 0 Å². The first-order chi connectivity index (χ1) is 12.3. The zero-order chi connectivity index (χ0) is 18.9. The highest BCUT2D eigenvalue weighted by atomic mass is 32.2. The molecular formula is C14H13N5O4S3. The number of carbonyl (C=O) groups excluding carboxylic acids is 1. The fourth-order valence-electron chi connectivity index (χ4n) is 1.93. The Balaban J connectivity index is 1.73. The van der Waals surface area contributed by atoms with E-state index in [0.29, 0.717) is 21.3 Å². The molecule has 1 aliphatic rings. The topological polar surface area (TPSA) is 126 Å². The van der Waals surface area contributed by atoms with Crippen LogP contribution in [0.25, 0.3) is 0 Å². The maximum absolute atomic E-state index is 12.4. The number of amides is 1. The smallest absolute Gasteiger partial charge is 0.264 e. The minimum absolute atomic E-state index is 0.0269. The number of carbonyl (C=O) groups is 1. The number of hydrogen-bond acceptors (Lipinski definition) is 9. The summed E-state index contributed by atoms with van der Waals surface area (Å²) in [4.78, 5) is 11.5. The first kappa shape index (κ1) is 18.5. The number of aryl methyl sites for hydroxylation is 1. The van der Waals surface area contributed by atoms with Crippen LogP contribution in [0, 0.1) is 13.8 Å². The van der Waals surface area contributed by atoms with Crippen molar-refractivity contribution in [2.75, 3.05) is 4.72 Å². The maximum Gasteiger partial charge on any atom is 0.264 e. The van der Waals surface area contributed by atoms with Crippen molar-refractivity contribution < 1.29 is 17.7 Å². The second-order valence-electron chi connectivity index (χ2n) is 5.28. The van der Waals surface area contributed by atoms with Gasteiger partial charge in [-0.05, 0) is 38.1 Å². The van der Waals surface area contributed by atoms with E-state index in [9.17, 15) is 13.2 Å². The van der Waals surface area contributed by atoms with Crippen molar-refractivity contribution in [2.45, 2.75) is 24.1 Å². The molecule has 9 nitrogen and oxygen atoms in total. The zero-order valence-electron chi connectivity index (χ0n) is 13.6. The first-order valence-corrected chi connectivity index (χ1v) is 10.0. The number of nitrogens with zero attached hydrogens (tertiary/aromatic N) is 3. The van der Waals surface area contributed by atoms with E-state index in [0.717, 1.165) is 11.8 Å². The predicted molar refractivity (Wildman–Crippen MR) is 99.9 cm³/mol. The van der Waals surface area contributed by atoms with Gasteiger partial charge in [-0.2, -0.15) is 10.2 Å². The second kappa shape index (κ2) is 7.13. The SMILES string of the molecule is Cc1noc(NS(=O)(=O)c2ccc(N=NC3SC(=S)NC3=O)cc2)c1C. The minimum Gasteiger partial charge on any atom is -0.337 e. The maximum atomic E-state index is 12.4. The van der Waals surface area contributed by atoms with Gasteiger partial charge in [-0.1, -0.05) is 29.1 Å². The van der Waals surface area contributed by atoms with Crippen molar-refractivity contribution in [1.29, 1.82) is 0 Å². The van der Waals surface area contributed by atoms with Gasteiger partial charge >= 0.3 is 0 Å². The van der Waals surface area contributed by atoms with E-state index >= 15 is 0 Å². The van der Waals surface area contributed by atoms with E-state index < -0.39 is 15.4 Å². The summed E-state index contributed by atoms with van der Waals surface area (Å²) in [5, 5.41) is 13.3. The molecule has 26 heavy (non-hydrogen) atoms. The Labute approximate surface area is 158 Å². The number of thiocarbonyl (C=S) groups is 1. The van der Waals surface area contributed by atoms with Crippen LogP contribution in [0.1, 0.15) is 11.3 Å². The van der Waals surface area contributed by atoms with Gasteiger partial charge in [-0.3, -0.25) is 4.79 Å². The highest BCUT2D eigenvalue weighted by Gasteiger charge is 2.28. The van der Waals surface area contributed by atoms with Crippen LogP contribution in [0.4, 0.5) is 11.6 Å². The Hall–Kier alpha value is -2.31. The lowest BCUT2D eigenvalue weighted by molar-refractivity contribution is -0.118. The third kappa shape index (κ3) is 3.92. The molecule has 1 aliphatic heterocycles. The van der Waals surface area contributed by atoms with E-state index in [1.807, 2.05) is 0 Å². The summed E-state index contributed by atoms with van der Waals surface area (Å²) in [5.41, 5.74) is 1.62. The molecule has 1 amide bonds. The summed E-state index contributed by atoms with van der Waals surface area (Å²) >= 11 is 5.96. The molecule has 136 valence electrons. The summed E-state index contributed by atoms with van der Waals surface area (Å²) in [6, 6.07) is 5.71. The summed E-state index contributed by atoms with van der Waals surface area (Å²) < 4.78 is 32.5. The molecule has 0 aliphatic carbocycles. The van der Waals surface area contributed by atoms with Crippen LogP contribution in [0.15, 0.2) is 43.9 Å². The normalized spacial score (nSPS) is 17.7. The number of anilines is 1. The monoisotopic (exact) mass is 411 g/mol. The lowest BCUT2D eigenvalue weighted by Gasteiger charge is -2.05. The quantitative estimate of drug-likeness (QED) is 0.572. The number of nitrogens with one attached hydrogen (secondary N) is 2. The van der Waals surface area contributed by atoms with Crippen molar-refractivity contribution in [1.82, 2.24) is 10.5 Å². The molecule has 12 heteroatoms. The van der Waals surface area contributed by atoms with Crippen LogP contribution in [-0.2, 0) is 14.8 Å². The third-order valence-corrected chi connectivity index (χ3v) is 6.06. The van der Waals surface area contributed by atoms with Gasteiger partial charge in [0.1, 0.15) is 4.32 Å². The van der Waals surface area contributed by atoms with Crippen molar-refractivity contribution in [3.8, 4) is 0 Å². The van der Waals surface area contributed by atoms with E-state index in [-0.39, 0.29) is 16.7 Å². The molecule has 2 heterocycles. The number of rotatable bonds is 5. The average molecular weight is 411 g/mol. The van der Waals surface area contributed by atoms with Crippen molar-refractivity contribution in [3.05, 3.63) is 35.5 Å². The fourth-order valence-corrected chi connectivity index (χ4v) is 3.97. The Morgan fingerprint density at radius 2 is 2.00 bits per heavy atom. The predicted octanol–water partition coefficient (Wildman–Crippen LogP) is 2.65. The first-order valence-electron chi connectivity index (χ1n) is 7.24. The number of aromatic nitrogens is 1. The van der Waals surface area contributed by atoms with Gasteiger partial charge in [0.2, 0.25) is 11.3 Å². The molecule has 1 aromatic carbocycles. The lowest BCUT2D eigenvalue weighted by atomic mass is 10.3. The summed E-state index contributed by atoms with van der Waals surface area (Å²) in [6.45, 7) is 3.42. The van der Waals surface area contributed by atoms with Crippen LogP contribution in [0.3, 0.4) is 0 Å². The summed E-state index contributed by atoms with van der Waals surface area (Å²) in [5.74, 6) is -0.253. The van der Waals surface area contributed by atoms with Crippen LogP contribution >= 0.6 is 24.0 Å². The van der Waals surface area contributed by atoms with Crippen molar-refractivity contribution >= 4 is 55.8 Å². The molecule has 2 N–H and O–H groups in total. The Morgan fingerprint density at radius 1 is 1.31 bits per heavy atom. The van der Waals surface area contributed by atoms with Crippen molar-refractivity contribution in [2.24, 2.45) is 10.2 Å². The summed E-state index contributed by atoms with van der Waals surface area (Å²) in [6.07, 6.45) is 0. The van der Waals surface area contributed by atoms with Gasteiger partial charge in [-0.15, -0.1) is 0 Å². The van der Waals surface area contributed by atoms with E-state index in [1.165, 1.54) is 24.3 Å². The van der Waals surface area contributed by atoms with E-state index in [2.05, 4.69) is 25.4 Å². The highest BCUT2D eigenvalue weighted by molar-refractivity contribution is 8.24. The Bertz CT molecular complexity index is 998. The third-order valence-electron chi connectivity index (χ3n) is 3.48. The molecule has 2 aromatic rings.